The van der Waals surface area contributed by atoms with Crippen molar-refractivity contribution >= 4 is 34.0 Å². The highest BCUT2D eigenvalue weighted by Crippen LogP contribution is 2.31. The number of nitrogen functional groups attached to an aromatic ring is 1. The first kappa shape index (κ1) is 22.7. The van der Waals surface area contributed by atoms with E-state index in [9.17, 15) is 4.39 Å². The van der Waals surface area contributed by atoms with Gasteiger partial charge in [-0.2, -0.15) is 0 Å². The van der Waals surface area contributed by atoms with Crippen LogP contribution in [0.15, 0.2) is 83.5 Å². The summed E-state index contributed by atoms with van der Waals surface area (Å²) in [5, 5.41) is 1.26. The van der Waals surface area contributed by atoms with Crippen LogP contribution in [-0.4, -0.2) is 17.0 Å². The molecule has 0 aliphatic rings. The largest absolute Gasteiger partial charge is 0.487 e. The quantitative estimate of drug-likeness (QED) is 0.282. The average molecular weight is 489 g/mol. The minimum absolute atomic E-state index is 0.231. The van der Waals surface area contributed by atoms with Gasteiger partial charge < -0.3 is 19.8 Å². The molecule has 2 N–H and O–H groups in total. The van der Waals surface area contributed by atoms with Gasteiger partial charge in [0.25, 0.3) is 0 Å². The Labute approximate surface area is 206 Å². The van der Waals surface area contributed by atoms with Crippen molar-refractivity contribution in [2.24, 2.45) is 0 Å². The van der Waals surface area contributed by atoms with Gasteiger partial charge in [0.15, 0.2) is 0 Å². The molecule has 2 aromatic heterocycles. The third-order valence-electron chi connectivity index (χ3n) is 5.64. The predicted molar refractivity (Wildman–Crippen MR) is 136 cm³/mol. The molecule has 176 valence electrons. The molecule has 0 saturated heterocycles. The first-order valence-electron chi connectivity index (χ1n) is 10.9. The normalized spacial score (nSPS) is 11.1. The summed E-state index contributed by atoms with van der Waals surface area (Å²) in [7, 11) is 1.95. The zero-order valence-electron chi connectivity index (χ0n) is 18.9. The first-order valence-corrected chi connectivity index (χ1v) is 11.3. The Morgan fingerprint density at radius 1 is 1.03 bits per heavy atom. The summed E-state index contributed by atoms with van der Waals surface area (Å²) in [6.45, 7) is 0.771. The number of rotatable bonds is 7. The molecule has 2 heterocycles. The van der Waals surface area contributed by atoms with Crippen molar-refractivity contribution < 1.29 is 13.5 Å². The van der Waals surface area contributed by atoms with Crippen LogP contribution >= 0.6 is 11.6 Å². The van der Waals surface area contributed by atoms with Crippen LogP contribution in [0.3, 0.4) is 0 Å². The van der Waals surface area contributed by atoms with Crippen LogP contribution in [0, 0.1) is 5.82 Å². The maximum absolute atomic E-state index is 13.4. The second-order valence-corrected chi connectivity index (χ2v) is 8.55. The fraction of sp³-hybridized carbons (Fsp3) is 0.111. The van der Waals surface area contributed by atoms with Crippen molar-refractivity contribution in [1.82, 2.24) is 9.97 Å². The lowest BCUT2D eigenvalue weighted by Gasteiger charge is -2.19. The number of benzene rings is 3. The monoisotopic (exact) mass is 488 g/mol. The van der Waals surface area contributed by atoms with E-state index in [0.717, 1.165) is 39.2 Å². The third-order valence-corrected chi connectivity index (χ3v) is 5.94. The van der Waals surface area contributed by atoms with Crippen LogP contribution in [0.25, 0.3) is 22.2 Å². The molecule has 0 unspecified atom stereocenters. The van der Waals surface area contributed by atoms with Gasteiger partial charge in [-0.25, -0.2) is 14.4 Å². The maximum atomic E-state index is 13.4. The minimum atomic E-state index is -0.297. The lowest BCUT2D eigenvalue weighted by molar-refractivity contribution is 0.306. The second-order valence-electron chi connectivity index (χ2n) is 8.15. The van der Waals surface area contributed by atoms with E-state index in [2.05, 4.69) is 9.97 Å². The van der Waals surface area contributed by atoms with Gasteiger partial charge in [0, 0.05) is 23.7 Å². The molecular formula is C27H22ClFN4O2. The molecule has 0 fully saturated rings. The highest BCUT2D eigenvalue weighted by atomic mass is 35.5. The highest BCUT2D eigenvalue weighted by molar-refractivity contribution is 6.32. The van der Waals surface area contributed by atoms with Gasteiger partial charge in [0.2, 0.25) is 0 Å². The molecule has 0 radical (unpaired) electrons. The lowest BCUT2D eigenvalue weighted by Crippen LogP contribution is -2.15. The van der Waals surface area contributed by atoms with Crippen LogP contribution in [-0.2, 0) is 13.2 Å². The smallest absolute Gasteiger partial charge is 0.138 e. The van der Waals surface area contributed by atoms with E-state index in [4.69, 9.17) is 26.5 Å². The number of ether oxygens (including phenoxy) is 1. The van der Waals surface area contributed by atoms with Crippen LogP contribution in [0.4, 0.5) is 15.9 Å². The summed E-state index contributed by atoms with van der Waals surface area (Å²) >= 11 is 6.45. The number of anilines is 2. The molecule has 6 nitrogen and oxygen atoms in total. The zero-order valence-corrected chi connectivity index (χ0v) is 19.7. The number of furan rings is 1. The molecule has 0 aliphatic carbocycles. The van der Waals surface area contributed by atoms with E-state index < -0.39 is 0 Å². The van der Waals surface area contributed by atoms with E-state index in [1.54, 1.807) is 12.1 Å². The lowest BCUT2D eigenvalue weighted by atomic mass is 10.1. The zero-order chi connectivity index (χ0) is 24.4. The van der Waals surface area contributed by atoms with Gasteiger partial charge in [0.05, 0.1) is 17.1 Å². The summed E-state index contributed by atoms with van der Waals surface area (Å²) in [4.78, 5) is 10.3. The van der Waals surface area contributed by atoms with Crippen molar-refractivity contribution in [2.45, 2.75) is 13.2 Å². The molecular weight excluding hydrogens is 467 g/mol. The van der Waals surface area contributed by atoms with Gasteiger partial charge in [-0.1, -0.05) is 23.7 Å². The number of nitrogens with two attached hydrogens (primary N) is 1. The van der Waals surface area contributed by atoms with E-state index in [-0.39, 0.29) is 12.4 Å². The number of fused-ring (bicyclic) bond motifs is 1. The molecule has 0 aliphatic heterocycles. The molecule has 5 rings (SSSR count). The highest BCUT2D eigenvalue weighted by Gasteiger charge is 2.12. The molecule has 0 saturated carbocycles. The second kappa shape index (κ2) is 9.64. The Morgan fingerprint density at radius 3 is 2.74 bits per heavy atom. The fourth-order valence-electron chi connectivity index (χ4n) is 3.81. The minimum Gasteiger partial charge on any atom is -0.487 e. The van der Waals surface area contributed by atoms with E-state index in [1.165, 1.54) is 18.5 Å². The maximum Gasteiger partial charge on any atom is 0.138 e. The van der Waals surface area contributed by atoms with Crippen molar-refractivity contribution in [1.29, 1.82) is 0 Å². The summed E-state index contributed by atoms with van der Waals surface area (Å²) in [6.07, 6.45) is 1.45. The van der Waals surface area contributed by atoms with Crippen LogP contribution in [0.1, 0.15) is 11.3 Å². The Hall–Kier alpha value is -4.10. The topological polar surface area (TPSA) is 77.4 Å². The standard InChI is InChI=1S/C27H22ClFN4O2/c1-33(20-6-9-26(23(28)13-20)34-15-17-3-2-4-19(29)11-17)14-21-7-10-25(35-21)18-5-8-24-22(12-18)27(30)32-16-31-24/h2-13,16H,14-15H2,1H3,(H2,30,31,32). The third kappa shape index (κ3) is 5.05. The SMILES string of the molecule is CN(Cc1ccc(-c2ccc3ncnc(N)c3c2)o1)c1ccc(OCc2cccc(F)c2)c(Cl)c1. The van der Waals surface area contributed by atoms with E-state index >= 15 is 0 Å². The van der Waals surface area contributed by atoms with E-state index in [1.807, 2.05) is 60.5 Å². The molecule has 0 atom stereocenters. The first-order chi connectivity index (χ1) is 17.0. The van der Waals surface area contributed by atoms with Gasteiger partial charge in [-0.3, -0.25) is 0 Å². The average Bonchev–Trinajstić information content (AvgIpc) is 3.32. The van der Waals surface area contributed by atoms with Crippen molar-refractivity contribution in [3.8, 4) is 17.1 Å². The molecule has 3 aromatic carbocycles. The molecule has 0 amide bonds. The molecule has 8 heteroatoms. The van der Waals surface area contributed by atoms with Gasteiger partial charge in [-0.15, -0.1) is 0 Å². The Bertz CT molecular complexity index is 1500. The molecule has 35 heavy (non-hydrogen) atoms. The number of hydrogen-bond acceptors (Lipinski definition) is 6. The van der Waals surface area contributed by atoms with Gasteiger partial charge in [-0.05, 0) is 66.2 Å². The summed E-state index contributed by atoms with van der Waals surface area (Å²) < 4.78 is 25.2. The van der Waals surface area contributed by atoms with Gasteiger partial charge >= 0.3 is 0 Å². The summed E-state index contributed by atoms with van der Waals surface area (Å²) in [6, 6.07) is 21.5. The van der Waals surface area contributed by atoms with Crippen molar-refractivity contribution in [3.63, 3.8) is 0 Å². The number of aromatic nitrogens is 2. The van der Waals surface area contributed by atoms with Gasteiger partial charge in [0.1, 0.15) is 41.8 Å². The molecule has 5 aromatic rings. The predicted octanol–water partition coefficient (Wildman–Crippen LogP) is 6.48. The van der Waals surface area contributed by atoms with Crippen LogP contribution in [0.5, 0.6) is 5.75 Å². The van der Waals surface area contributed by atoms with Crippen LogP contribution in [0.2, 0.25) is 5.02 Å². The van der Waals surface area contributed by atoms with Crippen LogP contribution < -0.4 is 15.4 Å². The Balaban J connectivity index is 1.26. The molecule has 0 bridgehead atoms. The number of hydrogen-bond donors (Lipinski definition) is 1. The Kier molecular flexibility index (Phi) is 6.25. The van der Waals surface area contributed by atoms with Crippen molar-refractivity contribution in [3.05, 3.63) is 101 Å². The van der Waals surface area contributed by atoms with Crippen molar-refractivity contribution in [2.75, 3.05) is 17.7 Å². The fourth-order valence-corrected chi connectivity index (χ4v) is 4.03. The molecule has 0 spiro atoms. The van der Waals surface area contributed by atoms with E-state index in [0.29, 0.717) is 23.1 Å². The number of nitrogens with zero attached hydrogens (tertiary/aromatic N) is 3. The summed E-state index contributed by atoms with van der Waals surface area (Å²) in [5.41, 5.74) is 9.31. The summed E-state index contributed by atoms with van der Waals surface area (Å²) in [5.74, 6) is 2.20. The Morgan fingerprint density at radius 2 is 1.91 bits per heavy atom. The number of halogens is 2.